The van der Waals surface area contributed by atoms with Crippen LogP contribution in [0.1, 0.15) is 31.9 Å². The summed E-state index contributed by atoms with van der Waals surface area (Å²) < 4.78 is 1.72. The third kappa shape index (κ3) is 6.68. The number of nitrogens with one attached hydrogen (secondary N) is 1. The first-order chi connectivity index (χ1) is 15.0. The lowest BCUT2D eigenvalue weighted by Crippen LogP contribution is -2.55. The number of anilines is 1. The molecule has 0 unspecified atom stereocenters. The monoisotopic (exact) mass is 553 g/mol. The van der Waals surface area contributed by atoms with Gasteiger partial charge in [0.25, 0.3) is 0 Å². The number of aromatic nitrogens is 2. The van der Waals surface area contributed by atoms with Crippen LogP contribution in [0.15, 0.2) is 41.7 Å². The number of hydrogen-bond donors (Lipinski definition) is 1. The van der Waals surface area contributed by atoms with Crippen molar-refractivity contribution in [1.29, 1.82) is 0 Å². The number of benzene rings is 1. The molecule has 1 fully saturated rings. The molecule has 1 aromatic carbocycles. The zero-order valence-electron chi connectivity index (χ0n) is 19.6. The van der Waals surface area contributed by atoms with Crippen LogP contribution in [0.4, 0.5) is 5.69 Å². The van der Waals surface area contributed by atoms with Crippen LogP contribution in [0.5, 0.6) is 0 Å². The highest BCUT2D eigenvalue weighted by molar-refractivity contribution is 14.0. The Kier molecular flexibility index (Phi) is 10.4. The van der Waals surface area contributed by atoms with Crippen molar-refractivity contribution in [2.75, 3.05) is 44.2 Å². The standard InChI is InChI=1S/C23H35N7O.HI/c1-5-24-23(25-14-19-10-8-9-11-20(19)16-28(6-2)7-3)29-12-13-30(22(31)18-29)21-15-26-27(4)17-21;/h8-11,15,17H,5-7,12-14,16,18H2,1-4H3,(H,24,25);1H. The molecule has 1 saturated heterocycles. The molecule has 0 bridgehead atoms. The van der Waals surface area contributed by atoms with E-state index in [0.717, 1.165) is 44.4 Å². The molecule has 3 rings (SSSR count). The molecule has 1 N–H and O–H groups in total. The third-order valence-electron chi connectivity index (χ3n) is 5.66. The summed E-state index contributed by atoms with van der Waals surface area (Å²) in [5.41, 5.74) is 3.38. The number of amides is 1. The predicted octanol–water partition coefficient (Wildman–Crippen LogP) is 2.69. The van der Waals surface area contributed by atoms with Crippen molar-refractivity contribution in [2.45, 2.75) is 33.9 Å². The van der Waals surface area contributed by atoms with Crippen LogP contribution in [-0.4, -0.2) is 70.7 Å². The zero-order valence-corrected chi connectivity index (χ0v) is 22.0. The minimum absolute atomic E-state index is 0. The molecule has 1 aliphatic heterocycles. The van der Waals surface area contributed by atoms with Gasteiger partial charge in [-0.15, -0.1) is 24.0 Å². The largest absolute Gasteiger partial charge is 0.356 e. The van der Waals surface area contributed by atoms with Crippen molar-refractivity contribution in [2.24, 2.45) is 12.0 Å². The Hall–Kier alpha value is -2.14. The highest BCUT2D eigenvalue weighted by atomic mass is 127. The van der Waals surface area contributed by atoms with Gasteiger partial charge in [0.05, 0.1) is 18.4 Å². The number of aryl methyl sites for hydroxylation is 1. The van der Waals surface area contributed by atoms with E-state index in [9.17, 15) is 4.79 Å². The molecule has 0 saturated carbocycles. The molecule has 8 nitrogen and oxygen atoms in total. The maximum atomic E-state index is 12.8. The topological polar surface area (TPSA) is 69.0 Å². The second-order valence-corrected chi connectivity index (χ2v) is 7.74. The zero-order chi connectivity index (χ0) is 22.2. The van der Waals surface area contributed by atoms with Gasteiger partial charge < -0.3 is 15.1 Å². The Morgan fingerprint density at radius 1 is 1.16 bits per heavy atom. The van der Waals surface area contributed by atoms with Crippen LogP contribution >= 0.6 is 24.0 Å². The molecule has 1 aromatic heterocycles. The van der Waals surface area contributed by atoms with Gasteiger partial charge in [-0.1, -0.05) is 38.1 Å². The minimum atomic E-state index is 0. The SMILES string of the molecule is CCNC(=NCc1ccccc1CN(CC)CC)N1CCN(c2cnn(C)c2)C(=O)C1.I. The van der Waals surface area contributed by atoms with Gasteiger partial charge in [-0.3, -0.25) is 14.4 Å². The number of aliphatic imine (C=N–C) groups is 1. The van der Waals surface area contributed by atoms with Gasteiger partial charge in [-0.25, -0.2) is 4.99 Å². The van der Waals surface area contributed by atoms with Gasteiger partial charge >= 0.3 is 0 Å². The average molecular weight is 553 g/mol. The summed E-state index contributed by atoms with van der Waals surface area (Å²) in [4.78, 5) is 23.9. The maximum Gasteiger partial charge on any atom is 0.246 e. The van der Waals surface area contributed by atoms with Crippen LogP contribution in [0, 0.1) is 0 Å². The summed E-state index contributed by atoms with van der Waals surface area (Å²) in [6.45, 7) is 12.4. The summed E-state index contributed by atoms with van der Waals surface area (Å²) in [5.74, 6) is 0.853. The molecule has 2 heterocycles. The molecule has 32 heavy (non-hydrogen) atoms. The summed E-state index contributed by atoms with van der Waals surface area (Å²) >= 11 is 0. The predicted molar refractivity (Wildman–Crippen MR) is 140 cm³/mol. The Morgan fingerprint density at radius 2 is 1.88 bits per heavy atom. The molecule has 0 aliphatic carbocycles. The van der Waals surface area contributed by atoms with Gasteiger partial charge in [0, 0.05) is 39.4 Å². The summed E-state index contributed by atoms with van der Waals surface area (Å²) in [6, 6.07) is 8.50. The van der Waals surface area contributed by atoms with Crippen LogP contribution in [0.2, 0.25) is 0 Å². The highest BCUT2D eigenvalue weighted by Gasteiger charge is 2.27. The fraction of sp³-hybridized carbons (Fsp3) is 0.522. The van der Waals surface area contributed by atoms with E-state index in [1.807, 2.05) is 18.1 Å². The van der Waals surface area contributed by atoms with Crippen molar-refractivity contribution >= 4 is 41.5 Å². The van der Waals surface area contributed by atoms with E-state index in [-0.39, 0.29) is 29.9 Å². The van der Waals surface area contributed by atoms with E-state index in [2.05, 4.69) is 60.4 Å². The average Bonchev–Trinajstić information content (AvgIpc) is 3.21. The maximum absolute atomic E-state index is 12.8. The van der Waals surface area contributed by atoms with Crippen molar-refractivity contribution < 1.29 is 4.79 Å². The fourth-order valence-corrected chi connectivity index (χ4v) is 3.81. The minimum Gasteiger partial charge on any atom is -0.356 e. The van der Waals surface area contributed by atoms with E-state index >= 15 is 0 Å². The summed E-state index contributed by atoms with van der Waals surface area (Å²) in [6.07, 6.45) is 3.61. The van der Waals surface area contributed by atoms with E-state index in [4.69, 9.17) is 4.99 Å². The van der Waals surface area contributed by atoms with E-state index in [1.54, 1.807) is 15.8 Å². The second-order valence-electron chi connectivity index (χ2n) is 7.74. The number of carbonyl (C=O) groups excluding carboxylic acids is 1. The van der Waals surface area contributed by atoms with Crippen LogP contribution in [-0.2, 0) is 24.9 Å². The number of nitrogens with zero attached hydrogens (tertiary/aromatic N) is 6. The Morgan fingerprint density at radius 3 is 2.47 bits per heavy atom. The number of guanidine groups is 1. The Labute approximate surface area is 208 Å². The van der Waals surface area contributed by atoms with E-state index in [1.165, 1.54) is 11.1 Å². The number of piperazine rings is 1. The van der Waals surface area contributed by atoms with Crippen molar-refractivity contribution in [1.82, 2.24) is 24.9 Å². The molecular weight excluding hydrogens is 517 g/mol. The number of hydrogen-bond acceptors (Lipinski definition) is 4. The van der Waals surface area contributed by atoms with E-state index in [0.29, 0.717) is 19.6 Å². The molecule has 0 radical (unpaired) electrons. The molecular formula is C23H36IN7O. The van der Waals surface area contributed by atoms with Gasteiger partial charge in [-0.2, -0.15) is 5.10 Å². The first-order valence-corrected chi connectivity index (χ1v) is 11.2. The third-order valence-corrected chi connectivity index (χ3v) is 5.66. The summed E-state index contributed by atoms with van der Waals surface area (Å²) in [5, 5.41) is 7.55. The lowest BCUT2D eigenvalue weighted by molar-refractivity contribution is -0.120. The van der Waals surface area contributed by atoms with Crippen molar-refractivity contribution in [3.63, 3.8) is 0 Å². The van der Waals surface area contributed by atoms with E-state index < -0.39 is 0 Å². The number of halogens is 1. The van der Waals surface area contributed by atoms with Crippen LogP contribution < -0.4 is 10.2 Å². The highest BCUT2D eigenvalue weighted by Crippen LogP contribution is 2.17. The first kappa shape index (κ1) is 26.1. The smallest absolute Gasteiger partial charge is 0.246 e. The molecule has 0 atom stereocenters. The molecule has 2 aromatic rings. The van der Waals surface area contributed by atoms with Gasteiger partial charge in [0.15, 0.2) is 5.96 Å². The molecule has 1 aliphatic rings. The summed E-state index contributed by atoms with van der Waals surface area (Å²) in [7, 11) is 1.86. The number of rotatable bonds is 8. The van der Waals surface area contributed by atoms with Crippen molar-refractivity contribution in [3.05, 3.63) is 47.8 Å². The molecule has 9 heteroatoms. The molecule has 0 spiro atoms. The quantitative estimate of drug-likeness (QED) is 0.310. The van der Waals surface area contributed by atoms with Crippen molar-refractivity contribution in [3.8, 4) is 0 Å². The van der Waals surface area contributed by atoms with Gasteiger partial charge in [0.2, 0.25) is 5.91 Å². The van der Waals surface area contributed by atoms with Gasteiger partial charge in [-0.05, 0) is 31.1 Å². The second kappa shape index (κ2) is 12.8. The Balaban J connectivity index is 0.00000363. The first-order valence-electron chi connectivity index (χ1n) is 11.2. The van der Waals surface area contributed by atoms with Crippen LogP contribution in [0.3, 0.4) is 0 Å². The Bertz CT molecular complexity index is 894. The fourth-order valence-electron chi connectivity index (χ4n) is 3.81. The van der Waals surface area contributed by atoms with Crippen LogP contribution in [0.25, 0.3) is 0 Å². The van der Waals surface area contributed by atoms with Gasteiger partial charge in [0.1, 0.15) is 6.54 Å². The number of carbonyl (C=O) groups is 1. The molecule has 176 valence electrons. The normalized spacial score (nSPS) is 14.7. The lowest BCUT2D eigenvalue weighted by atomic mass is 10.1. The lowest BCUT2D eigenvalue weighted by Gasteiger charge is -2.35. The molecule has 1 amide bonds.